The molecule has 4 rings (SSSR count). The molecule has 1 saturated heterocycles. The van der Waals surface area contributed by atoms with Crippen LogP contribution in [0.2, 0.25) is 0 Å². The Labute approximate surface area is 147 Å². The van der Waals surface area contributed by atoms with Crippen LogP contribution in [-0.4, -0.2) is 50.8 Å². The van der Waals surface area contributed by atoms with Gasteiger partial charge in [0.2, 0.25) is 0 Å². The highest BCUT2D eigenvalue weighted by molar-refractivity contribution is 7.07. The van der Waals surface area contributed by atoms with Crippen molar-refractivity contribution in [1.29, 1.82) is 0 Å². The van der Waals surface area contributed by atoms with Crippen molar-refractivity contribution in [3.63, 3.8) is 0 Å². The van der Waals surface area contributed by atoms with E-state index in [9.17, 15) is 4.79 Å². The van der Waals surface area contributed by atoms with Crippen LogP contribution in [-0.2, 0) is 16.1 Å². The number of ether oxygens (including phenoxy) is 2. The third kappa shape index (κ3) is 3.68. The van der Waals surface area contributed by atoms with Gasteiger partial charge in [0.05, 0.1) is 36.6 Å². The van der Waals surface area contributed by atoms with Gasteiger partial charge in [0, 0.05) is 30.4 Å². The van der Waals surface area contributed by atoms with Gasteiger partial charge in [0.15, 0.2) is 11.3 Å². The summed E-state index contributed by atoms with van der Waals surface area (Å²) in [5.41, 5.74) is 3.62. The number of fused-ring (bicyclic) bond motifs is 1. The third-order valence-electron chi connectivity index (χ3n) is 4.01. The molecule has 3 aromatic heterocycles. The van der Waals surface area contributed by atoms with Crippen molar-refractivity contribution in [1.82, 2.24) is 24.9 Å². The van der Waals surface area contributed by atoms with E-state index in [1.807, 2.05) is 5.38 Å². The van der Waals surface area contributed by atoms with Crippen LogP contribution in [0.25, 0.3) is 5.65 Å². The normalized spacial score (nSPS) is 20.6. The summed E-state index contributed by atoms with van der Waals surface area (Å²) in [5.74, 6) is -0.261. The standard InChI is InChI=1S/C16H17N5O3S/c22-16(12-6-15-17-3-1-4-21(15)20-12)19-13-8-23-5-2-14(13)24-7-11-9-25-10-18-11/h1,3-4,6,9-10,13-14H,2,5,7-8H2,(H,19,22)/t13-,14+/m1/s1. The highest BCUT2D eigenvalue weighted by Crippen LogP contribution is 2.15. The van der Waals surface area contributed by atoms with Crippen LogP contribution in [0.1, 0.15) is 22.6 Å². The molecular weight excluding hydrogens is 342 g/mol. The van der Waals surface area contributed by atoms with Gasteiger partial charge in [-0.05, 0) is 12.5 Å². The monoisotopic (exact) mass is 359 g/mol. The molecule has 1 fully saturated rings. The topological polar surface area (TPSA) is 90.6 Å². The van der Waals surface area contributed by atoms with E-state index in [4.69, 9.17) is 9.47 Å². The molecule has 0 spiro atoms. The molecular formula is C16H17N5O3S. The predicted molar refractivity (Wildman–Crippen MR) is 90.4 cm³/mol. The molecule has 1 amide bonds. The van der Waals surface area contributed by atoms with Crippen molar-refractivity contribution < 1.29 is 14.3 Å². The van der Waals surface area contributed by atoms with Crippen LogP contribution in [0.4, 0.5) is 0 Å². The van der Waals surface area contributed by atoms with Crippen molar-refractivity contribution in [2.75, 3.05) is 13.2 Å². The van der Waals surface area contributed by atoms with E-state index in [0.717, 1.165) is 12.1 Å². The lowest BCUT2D eigenvalue weighted by molar-refractivity contribution is -0.0612. The minimum Gasteiger partial charge on any atom is -0.379 e. The zero-order valence-electron chi connectivity index (χ0n) is 13.4. The number of rotatable bonds is 5. The molecule has 1 N–H and O–H groups in total. The molecule has 25 heavy (non-hydrogen) atoms. The van der Waals surface area contributed by atoms with E-state index in [2.05, 4.69) is 20.4 Å². The molecule has 1 aliphatic heterocycles. The average Bonchev–Trinajstić information content (AvgIpc) is 3.30. The number of amides is 1. The maximum atomic E-state index is 12.5. The lowest BCUT2D eigenvalue weighted by atomic mass is 10.1. The summed E-state index contributed by atoms with van der Waals surface area (Å²) < 4.78 is 13.0. The summed E-state index contributed by atoms with van der Waals surface area (Å²) in [6.07, 6.45) is 4.02. The molecule has 8 nitrogen and oxygen atoms in total. The largest absolute Gasteiger partial charge is 0.379 e. The fourth-order valence-electron chi connectivity index (χ4n) is 2.74. The van der Waals surface area contributed by atoms with E-state index in [-0.39, 0.29) is 18.1 Å². The van der Waals surface area contributed by atoms with E-state index < -0.39 is 0 Å². The first kappa shape index (κ1) is 16.1. The van der Waals surface area contributed by atoms with Gasteiger partial charge in [-0.25, -0.2) is 14.5 Å². The Morgan fingerprint density at radius 3 is 3.28 bits per heavy atom. The molecule has 1 aliphatic rings. The van der Waals surface area contributed by atoms with E-state index in [1.54, 1.807) is 34.6 Å². The summed E-state index contributed by atoms with van der Waals surface area (Å²) in [6, 6.07) is 3.20. The summed E-state index contributed by atoms with van der Waals surface area (Å²) in [7, 11) is 0. The first-order chi connectivity index (χ1) is 12.3. The molecule has 0 aliphatic carbocycles. The van der Waals surface area contributed by atoms with Gasteiger partial charge >= 0.3 is 0 Å². The quantitative estimate of drug-likeness (QED) is 0.738. The smallest absolute Gasteiger partial charge is 0.272 e. The Hall–Kier alpha value is -2.36. The van der Waals surface area contributed by atoms with Crippen LogP contribution in [0.3, 0.4) is 0 Å². The Bertz CT molecular complexity index is 817. The lowest BCUT2D eigenvalue weighted by Crippen LogP contribution is -2.50. The van der Waals surface area contributed by atoms with Crippen molar-refractivity contribution in [2.45, 2.75) is 25.2 Å². The molecule has 3 aromatic rings. The molecule has 9 heteroatoms. The van der Waals surface area contributed by atoms with Gasteiger partial charge in [-0.15, -0.1) is 11.3 Å². The van der Waals surface area contributed by atoms with E-state index >= 15 is 0 Å². The van der Waals surface area contributed by atoms with Crippen molar-refractivity contribution in [3.8, 4) is 0 Å². The van der Waals surface area contributed by atoms with Gasteiger partial charge in [-0.1, -0.05) is 0 Å². The predicted octanol–water partition coefficient (Wildman–Crippen LogP) is 1.29. The summed E-state index contributed by atoms with van der Waals surface area (Å²) in [6.45, 7) is 1.46. The fourth-order valence-corrected chi connectivity index (χ4v) is 3.28. The first-order valence-electron chi connectivity index (χ1n) is 7.97. The Morgan fingerprint density at radius 2 is 2.44 bits per heavy atom. The molecule has 130 valence electrons. The lowest BCUT2D eigenvalue weighted by Gasteiger charge is -2.31. The van der Waals surface area contributed by atoms with Crippen LogP contribution in [0, 0.1) is 0 Å². The molecule has 0 bridgehead atoms. The number of hydrogen-bond donors (Lipinski definition) is 1. The summed E-state index contributed by atoms with van der Waals surface area (Å²) >= 11 is 1.53. The molecule has 0 aromatic carbocycles. The second-order valence-corrected chi connectivity index (χ2v) is 6.44. The van der Waals surface area contributed by atoms with Crippen molar-refractivity contribution in [2.24, 2.45) is 0 Å². The highest BCUT2D eigenvalue weighted by atomic mass is 32.1. The zero-order valence-corrected chi connectivity index (χ0v) is 14.2. The SMILES string of the molecule is O=C(N[C@@H]1COCC[C@@H]1OCc1cscn1)c1cc2ncccn2n1. The number of carbonyl (C=O) groups excluding carboxylic acids is 1. The minimum atomic E-state index is -0.261. The number of nitrogens with zero attached hydrogens (tertiary/aromatic N) is 4. The molecule has 0 radical (unpaired) electrons. The number of nitrogens with one attached hydrogen (secondary N) is 1. The summed E-state index contributed by atoms with van der Waals surface area (Å²) in [4.78, 5) is 20.9. The molecule has 2 atom stereocenters. The Kier molecular flexibility index (Phi) is 4.68. The zero-order chi connectivity index (χ0) is 17.1. The molecule has 4 heterocycles. The number of hydrogen-bond acceptors (Lipinski definition) is 7. The number of thiazole rings is 1. The van der Waals surface area contributed by atoms with Crippen LogP contribution < -0.4 is 5.32 Å². The van der Waals surface area contributed by atoms with Crippen LogP contribution in [0.15, 0.2) is 35.4 Å². The second-order valence-electron chi connectivity index (χ2n) is 5.72. The van der Waals surface area contributed by atoms with Crippen molar-refractivity contribution >= 4 is 22.9 Å². The first-order valence-corrected chi connectivity index (χ1v) is 8.91. The van der Waals surface area contributed by atoms with Gasteiger partial charge < -0.3 is 14.8 Å². The second kappa shape index (κ2) is 7.26. The average molecular weight is 359 g/mol. The Balaban J connectivity index is 1.42. The van der Waals surface area contributed by atoms with Gasteiger partial charge in [0.25, 0.3) is 5.91 Å². The number of carbonyl (C=O) groups is 1. The van der Waals surface area contributed by atoms with Crippen molar-refractivity contribution in [3.05, 3.63) is 46.8 Å². The minimum absolute atomic E-state index is 0.116. The summed E-state index contributed by atoms with van der Waals surface area (Å²) in [5, 5.41) is 9.16. The maximum absolute atomic E-state index is 12.5. The Morgan fingerprint density at radius 1 is 1.48 bits per heavy atom. The van der Waals surface area contributed by atoms with E-state index in [0.29, 0.717) is 31.2 Å². The van der Waals surface area contributed by atoms with E-state index in [1.165, 1.54) is 11.3 Å². The molecule has 0 unspecified atom stereocenters. The van der Waals surface area contributed by atoms with Gasteiger partial charge in [0.1, 0.15) is 0 Å². The fraction of sp³-hybridized carbons (Fsp3) is 0.375. The number of aromatic nitrogens is 4. The van der Waals surface area contributed by atoms with Crippen LogP contribution in [0.5, 0.6) is 0 Å². The maximum Gasteiger partial charge on any atom is 0.272 e. The van der Waals surface area contributed by atoms with Gasteiger partial charge in [-0.3, -0.25) is 4.79 Å². The highest BCUT2D eigenvalue weighted by Gasteiger charge is 2.29. The van der Waals surface area contributed by atoms with Crippen LogP contribution >= 0.6 is 11.3 Å². The third-order valence-corrected chi connectivity index (χ3v) is 4.64. The van der Waals surface area contributed by atoms with Gasteiger partial charge in [-0.2, -0.15) is 5.10 Å². The molecule has 0 saturated carbocycles.